The molecule has 0 saturated carbocycles. The van der Waals surface area contributed by atoms with Crippen LogP contribution >= 0.6 is 0 Å². The van der Waals surface area contributed by atoms with Gasteiger partial charge in [-0.05, 0) is 54.2 Å². The first-order chi connectivity index (χ1) is 19.7. The van der Waals surface area contributed by atoms with E-state index < -0.39 is 20.0 Å². The summed E-state index contributed by atoms with van der Waals surface area (Å²) in [7, 11) is -6.26. The fourth-order valence-corrected chi connectivity index (χ4v) is 6.66. The lowest BCUT2D eigenvalue weighted by Crippen LogP contribution is -2.31. The normalized spacial score (nSPS) is 12.4. The number of benzene rings is 3. The van der Waals surface area contributed by atoms with Gasteiger partial charge in [-0.1, -0.05) is 80.9 Å². The van der Waals surface area contributed by atoms with Crippen LogP contribution in [0.5, 0.6) is 5.88 Å². The number of rotatable bonds is 10. The molecule has 0 bridgehead atoms. The Kier molecular flexibility index (Phi) is 9.05. The third-order valence-electron chi connectivity index (χ3n) is 6.84. The molecule has 42 heavy (non-hydrogen) atoms. The maximum atomic E-state index is 13.4. The Morgan fingerprint density at radius 3 is 2.12 bits per heavy atom. The highest BCUT2D eigenvalue weighted by Crippen LogP contribution is 2.35. The van der Waals surface area contributed by atoms with Crippen LogP contribution in [-0.2, 0) is 25.5 Å². The second-order valence-corrected chi connectivity index (χ2v) is 14.8. The summed E-state index contributed by atoms with van der Waals surface area (Å²) in [6.07, 6.45) is 1.21. The molecule has 0 amide bonds. The van der Waals surface area contributed by atoms with E-state index in [1.165, 1.54) is 17.7 Å². The smallest absolute Gasteiger partial charge is 0.263 e. The topological polar surface area (TPSA) is 119 Å². The molecular weight excluding hydrogens is 572 g/mol. The van der Waals surface area contributed by atoms with Crippen molar-refractivity contribution in [2.75, 3.05) is 24.9 Å². The summed E-state index contributed by atoms with van der Waals surface area (Å²) in [5.74, 6) is 0.168. The molecule has 4 aromatic rings. The minimum absolute atomic E-state index is 0.0298. The van der Waals surface area contributed by atoms with Gasteiger partial charge in [0.1, 0.15) is 12.9 Å². The zero-order valence-electron chi connectivity index (χ0n) is 24.6. The molecule has 1 heterocycles. The first-order valence-corrected chi connectivity index (χ1v) is 16.3. The van der Waals surface area contributed by atoms with Crippen molar-refractivity contribution in [2.45, 2.75) is 49.8 Å². The molecule has 222 valence electrons. The predicted molar refractivity (Wildman–Crippen MR) is 165 cm³/mol. The van der Waals surface area contributed by atoms with E-state index >= 15 is 0 Å². The van der Waals surface area contributed by atoms with Crippen molar-refractivity contribution in [1.82, 2.24) is 14.3 Å². The van der Waals surface area contributed by atoms with Crippen molar-refractivity contribution in [3.8, 4) is 17.0 Å². The fraction of sp³-hybridized carbons (Fsp3) is 0.290. The van der Waals surface area contributed by atoms with E-state index in [-0.39, 0.29) is 40.1 Å². The molecule has 0 aliphatic rings. The largest absolute Gasteiger partial charge is 0.476 e. The molecule has 0 atom stereocenters. The zero-order valence-corrected chi connectivity index (χ0v) is 26.3. The highest BCUT2D eigenvalue weighted by Gasteiger charge is 2.25. The third kappa shape index (κ3) is 6.97. The van der Waals surface area contributed by atoms with Gasteiger partial charge < -0.3 is 4.74 Å². The first-order valence-electron chi connectivity index (χ1n) is 13.4. The molecule has 0 saturated heterocycles. The second-order valence-electron chi connectivity index (χ2n) is 11.1. The summed E-state index contributed by atoms with van der Waals surface area (Å²) >= 11 is 0. The van der Waals surface area contributed by atoms with Crippen LogP contribution in [0, 0.1) is 13.8 Å². The summed E-state index contributed by atoms with van der Waals surface area (Å²) in [5, 5.41) is 0. The highest BCUT2D eigenvalue weighted by atomic mass is 32.2. The van der Waals surface area contributed by atoms with Crippen molar-refractivity contribution in [3.63, 3.8) is 0 Å². The summed E-state index contributed by atoms with van der Waals surface area (Å²) in [4.78, 5) is 8.84. The molecule has 0 unspecified atom stereocenters. The van der Waals surface area contributed by atoms with E-state index in [9.17, 15) is 16.8 Å². The summed E-state index contributed by atoms with van der Waals surface area (Å²) in [5.41, 5.74) is 3.53. The van der Waals surface area contributed by atoms with Gasteiger partial charge in [0.2, 0.25) is 15.9 Å². The van der Waals surface area contributed by atoms with E-state index in [4.69, 9.17) is 4.74 Å². The Hall–Kier alpha value is -3.80. The third-order valence-corrected chi connectivity index (χ3v) is 10.2. The van der Waals surface area contributed by atoms with Gasteiger partial charge in [0.25, 0.3) is 10.0 Å². The molecule has 0 radical (unpaired) electrons. The number of sulfonamides is 2. The summed E-state index contributed by atoms with van der Waals surface area (Å²) in [6, 6.07) is 20.9. The molecule has 1 aromatic heterocycles. The lowest BCUT2D eigenvalue weighted by Gasteiger charge is -2.20. The number of aromatic nitrogens is 2. The van der Waals surface area contributed by atoms with Crippen LogP contribution < -0.4 is 9.46 Å². The van der Waals surface area contributed by atoms with Crippen LogP contribution in [0.15, 0.2) is 88.9 Å². The molecule has 4 rings (SSSR count). The Morgan fingerprint density at radius 1 is 0.857 bits per heavy atom. The molecule has 0 aliphatic heterocycles. The predicted octanol–water partition coefficient (Wildman–Crippen LogP) is 5.56. The Morgan fingerprint density at radius 2 is 1.50 bits per heavy atom. The number of hydrogen-bond donors (Lipinski definition) is 1. The van der Waals surface area contributed by atoms with Gasteiger partial charge >= 0.3 is 0 Å². The molecular formula is C31H36N4O5S2. The molecule has 0 spiro atoms. The molecule has 0 fully saturated rings. The summed E-state index contributed by atoms with van der Waals surface area (Å²) < 4.78 is 62.8. The van der Waals surface area contributed by atoms with Gasteiger partial charge in [-0.2, -0.15) is 4.31 Å². The second kappa shape index (κ2) is 12.2. The van der Waals surface area contributed by atoms with Crippen LogP contribution in [0.1, 0.15) is 37.5 Å². The first kappa shape index (κ1) is 31.1. The monoisotopic (exact) mass is 608 g/mol. The van der Waals surface area contributed by atoms with Crippen LogP contribution in [-0.4, -0.2) is 51.3 Å². The van der Waals surface area contributed by atoms with Gasteiger partial charge in [-0.15, -0.1) is 0 Å². The number of anilines is 1. The maximum absolute atomic E-state index is 13.4. The average molecular weight is 609 g/mol. The SMILES string of the molecule is Cc1ccc(-c2c(NS(=O)(=O)c3ccc(C(C)(C)C)cc3)ncnc2OCCN(C)S(=O)(=O)c2ccccc2C)cc1. The van der Waals surface area contributed by atoms with E-state index in [1.54, 1.807) is 55.5 Å². The fourth-order valence-electron chi connectivity index (χ4n) is 4.26. The van der Waals surface area contributed by atoms with Crippen LogP contribution in [0.25, 0.3) is 11.1 Å². The van der Waals surface area contributed by atoms with Crippen LogP contribution in [0.2, 0.25) is 0 Å². The lowest BCUT2D eigenvalue weighted by molar-refractivity contribution is 0.278. The number of nitrogens with zero attached hydrogens (tertiary/aromatic N) is 3. The van der Waals surface area contributed by atoms with E-state index in [2.05, 4.69) is 35.5 Å². The number of likely N-dealkylation sites (N-methyl/N-ethyl adjacent to an activating group) is 1. The van der Waals surface area contributed by atoms with Gasteiger partial charge in [0.05, 0.1) is 15.4 Å². The van der Waals surface area contributed by atoms with Gasteiger partial charge in [0.15, 0.2) is 5.82 Å². The molecule has 9 nitrogen and oxygen atoms in total. The zero-order chi connectivity index (χ0) is 30.7. The van der Waals surface area contributed by atoms with Crippen molar-refractivity contribution >= 4 is 25.9 Å². The lowest BCUT2D eigenvalue weighted by atomic mass is 9.87. The van der Waals surface area contributed by atoms with Crippen LogP contribution in [0.3, 0.4) is 0 Å². The van der Waals surface area contributed by atoms with Crippen molar-refractivity contribution in [3.05, 3.63) is 95.8 Å². The van der Waals surface area contributed by atoms with E-state index in [0.717, 1.165) is 11.1 Å². The van der Waals surface area contributed by atoms with Crippen molar-refractivity contribution < 1.29 is 21.6 Å². The Labute approximate surface area is 248 Å². The van der Waals surface area contributed by atoms with Crippen molar-refractivity contribution in [1.29, 1.82) is 0 Å². The van der Waals surface area contributed by atoms with Crippen molar-refractivity contribution in [2.24, 2.45) is 0 Å². The molecule has 3 aromatic carbocycles. The Bertz CT molecular complexity index is 1770. The Balaban J connectivity index is 1.62. The standard InChI is InChI=1S/C31H36N4O5S2/c1-22-11-13-24(14-12-22)28-29(34-41(36,37)26-17-15-25(16-18-26)31(3,4)5)32-21-33-30(28)40-20-19-35(6)42(38,39)27-10-8-7-9-23(27)2/h7-18,21H,19-20H2,1-6H3,(H,32,33,34). The maximum Gasteiger partial charge on any atom is 0.263 e. The number of ether oxygens (including phenoxy) is 1. The summed E-state index contributed by atoms with van der Waals surface area (Å²) in [6.45, 7) is 9.86. The number of hydrogen-bond acceptors (Lipinski definition) is 7. The van der Waals surface area contributed by atoms with Gasteiger partial charge in [-0.3, -0.25) is 4.72 Å². The quantitative estimate of drug-likeness (QED) is 0.250. The highest BCUT2D eigenvalue weighted by molar-refractivity contribution is 7.92. The molecule has 0 aliphatic carbocycles. The minimum Gasteiger partial charge on any atom is -0.476 e. The van der Waals surface area contributed by atoms with E-state index in [1.807, 2.05) is 31.2 Å². The van der Waals surface area contributed by atoms with Gasteiger partial charge in [0, 0.05) is 13.6 Å². The van der Waals surface area contributed by atoms with E-state index in [0.29, 0.717) is 16.7 Å². The van der Waals surface area contributed by atoms with Gasteiger partial charge in [-0.25, -0.2) is 26.8 Å². The minimum atomic E-state index is -4.00. The number of nitrogens with one attached hydrogen (secondary N) is 1. The average Bonchev–Trinajstić information content (AvgIpc) is 2.93. The van der Waals surface area contributed by atoms with Crippen LogP contribution in [0.4, 0.5) is 5.82 Å². The number of aryl methyl sites for hydroxylation is 2. The molecule has 11 heteroatoms. The molecule has 1 N–H and O–H groups in total.